The van der Waals surface area contributed by atoms with E-state index in [0.29, 0.717) is 5.69 Å². The van der Waals surface area contributed by atoms with Crippen molar-refractivity contribution in [1.29, 1.82) is 0 Å². The van der Waals surface area contributed by atoms with Gasteiger partial charge >= 0.3 is 0 Å². The van der Waals surface area contributed by atoms with E-state index in [1.807, 2.05) is 18.2 Å². The molecule has 0 bridgehead atoms. The van der Waals surface area contributed by atoms with Gasteiger partial charge in [0.15, 0.2) is 0 Å². The Bertz CT molecular complexity index is 783. The van der Waals surface area contributed by atoms with Gasteiger partial charge in [-0.1, -0.05) is 12.1 Å². The first-order chi connectivity index (χ1) is 10.2. The zero-order valence-corrected chi connectivity index (χ0v) is 12.2. The Balaban J connectivity index is 2.17. The lowest BCUT2D eigenvalue weighted by Gasteiger charge is -2.23. The number of hydrogen-bond donors (Lipinski definition) is 1. The second-order valence-electron chi connectivity index (χ2n) is 5.06. The zero-order chi connectivity index (χ0) is 14.8. The summed E-state index contributed by atoms with van der Waals surface area (Å²) in [4.78, 5) is 11.0. The smallest absolute Gasteiger partial charge is 0.144 e. The van der Waals surface area contributed by atoms with Crippen LogP contribution >= 0.6 is 0 Å². The van der Waals surface area contributed by atoms with E-state index in [1.165, 1.54) is 5.56 Å². The molecule has 0 aliphatic heterocycles. The predicted octanol–water partition coefficient (Wildman–Crippen LogP) is 3.68. The maximum atomic E-state index is 5.84. The van der Waals surface area contributed by atoms with Crippen LogP contribution in [0.5, 0.6) is 0 Å². The molecule has 3 rings (SSSR count). The van der Waals surface area contributed by atoms with Crippen molar-refractivity contribution in [1.82, 2.24) is 9.97 Å². The molecule has 1 aromatic heterocycles. The Morgan fingerprint density at radius 1 is 1.10 bits per heavy atom. The van der Waals surface area contributed by atoms with Gasteiger partial charge in [-0.25, -0.2) is 9.97 Å². The van der Waals surface area contributed by atoms with Gasteiger partial charge in [-0.15, -0.1) is 0 Å². The summed E-state index contributed by atoms with van der Waals surface area (Å²) in [5.41, 5.74) is 9.78. The van der Waals surface area contributed by atoms with E-state index in [4.69, 9.17) is 5.73 Å². The molecule has 2 aromatic carbocycles. The van der Waals surface area contributed by atoms with Crippen LogP contribution in [-0.2, 0) is 0 Å². The van der Waals surface area contributed by atoms with E-state index < -0.39 is 0 Å². The van der Waals surface area contributed by atoms with Crippen molar-refractivity contribution in [2.45, 2.75) is 13.8 Å². The number of aromatic nitrogens is 2. The lowest BCUT2D eigenvalue weighted by Crippen LogP contribution is -2.18. The molecule has 0 aliphatic carbocycles. The number of aryl methyl sites for hydroxylation is 1. The molecule has 0 saturated heterocycles. The van der Waals surface area contributed by atoms with Crippen LogP contribution in [0.15, 0.2) is 48.8 Å². The maximum absolute atomic E-state index is 5.84. The Kier molecular flexibility index (Phi) is 3.44. The molecule has 0 atom stereocenters. The fourth-order valence-corrected chi connectivity index (χ4v) is 2.53. The van der Waals surface area contributed by atoms with Gasteiger partial charge in [0, 0.05) is 23.3 Å². The van der Waals surface area contributed by atoms with Crippen LogP contribution in [0, 0.1) is 6.92 Å². The topological polar surface area (TPSA) is 55.0 Å². The summed E-state index contributed by atoms with van der Waals surface area (Å²) in [6, 6.07) is 14.2. The quantitative estimate of drug-likeness (QED) is 0.742. The van der Waals surface area contributed by atoms with Gasteiger partial charge in [0.1, 0.15) is 12.1 Å². The number of hydrogen-bond acceptors (Lipinski definition) is 4. The second-order valence-corrected chi connectivity index (χ2v) is 5.06. The molecule has 0 aliphatic rings. The normalized spacial score (nSPS) is 10.8. The second kappa shape index (κ2) is 5.40. The largest absolute Gasteiger partial charge is 0.399 e. The number of fused-ring (bicyclic) bond motifs is 1. The van der Waals surface area contributed by atoms with Gasteiger partial charge in [0.25, 0.3) is 0 Å². The minimum atomic E-state index is 0.714. The Morgan fingerprint density at radius 2 is 1.95 bits per heavy atom. The van der Waals surface area contributed by atoms with Crippen LogP contribution in [0.1, 0.15) is 12.5 Å². The van der Waals surface area contributed by atoms with E-state index in [9.17, 15) is 0 Å². The van der Waals surface area contributed by atoms with Crippen molar-refractivity contribution in [3.8, 4) is 0 Å². The minimum Gasteiger partial charge on any atom is -0.399 e. The lowest BCUT2D eigenvalue weighted by atomic mass is 10.1. The highest BCUT2D eigenvalue weighted by Crippen LogP contribution is 2.30. The number of nitrogen functional groups attached to an aromatic ring is 1. The number of anilines is 3. The van der Waals surface area contributed by atoms with E-state index in [0.717, 1.165) is 29.0 Å². The summed E-state index contributed by atoms with van der Waals surface area (Å²) in [6.07, 6.45) is 1.59. The summed E-state index contributed by atoms with van der Waals surface area (Å²) < 4.78 is 0. The summed E-state index contributed by atoms with van der Waals surface area (Å²) in [5, 5.41) is 1.01. The standard InChI is InChI=1S/C17H18N4/c1-3-21(14-6-4-5-12(2)9-14)17-15-8-7-13(18)10-16(15)19-11-20-17/h4-11H,3,18H2,1-2H3. The SMILES string of the molecule is CCN(c1cccc(C)c1)c1ncnc2cc(N)ccc12. The molecule has 2 N–H and O–H groups in total. The van der Waals surface area contributed by atoms with E-state index in [1.54, 1.807) is 6.33 Å². The van der Waals surface area contributed by atoms with Crippen molar-refractivity contribution in [3.05, 3.63) is 54.4 Å². The van der Waals surface area contributed by atoms with Crippen LogP contribution in [0.3, 0.4) is 0 Å². The Hall–Kier alpha value is -2.62. The third kappa shape index (κ3) is 2.52. The first-order valence-electron chi connectivity index (χ1n) is 7.03. The van der Waals surface area contributed by atoms with Crippen molar-refractivity contribution < 1.29 is 0 Å². The number of nitrogens with two attached hydrogens (primary N) is 1. The third-order valence-corrected chi connectivity index (χ3v) is 3.52. The average Bonchev–Trinajstić information content (AvgIpc) is 2.48. The van der Waals surface area contributed by atoms with Gasteiger partial charge in [-0.2, -0.15) is 0 Å². The minimum absolute atomic E-state index is 0.714. The van der Waals surface area contributed by atoms with Crippen molar-refractivity contribution in [2.24, 2.45) is 0 Å². The van der Waals surface area contributed by atoms with Gasteiger partial charge in [0.05, 0.1) is 5.52 Å². The molecule has 106 valence electrons. The molecule has 0 radical (unpaired) electrons. The summed E-state index contributed by atoms with van der Waals surface area (Å²) in [6.45, 7) is 5.05. The van der Waals surface area contributed by atoms with Crippen molar-refractivity contribution >= 4 is 28.1 Å². The summed E-state index contributed by atoms with van der Waals surface area (Å²) >= 11 is 0. The highest BCUT2D eigenvalue weighted by atomic mass is 15.2. The summed E-state index contributed by atoms with van der Waals surface area (Å²) in [5.74, 6) is 0.910. The van der Waals surface area contributed by atoms with Crippen molar-refractivity contribution in [2.75, 3.05) is 17.2 Å². The molecular formula is C17H18N4. The fourth-order valence-electron chi connectivity index (χ4n) is 2.53. The first-order valence-corrected chi connectivity index (χ1v) is 7.03. The highest BCUT2D eigenvalue weighted by molar-refractivity contribution is 5.93. The van der Waals surface area contributed by atoms with Gasteiger partial charge in [-0.05, 0) is 49.7 Å². The van der Waals surface area contributed by atoms with Crippen LogP contribution < -0.4 is 10.6 Å². The molecule has 1 heterocycles. The number of benzene rings is 2. The Morgan fingerprint density at radius 3 is 2.71 bits per heavy atom. The predicted molar refractivity (Wildman–Crippen MR) is 87.8 cm³/mol. The van der Waals surface area contributed by atoms with Crippen molar-refractivity contribution in [3.63, 3.8) is 0 Å². The van der Waals surface area contributed by atoms with Crippen LogP contribution in [0.25, 0.3) is 10.9 Å². The van der Waals surface area contributed by atoms with Crippen LogP contribution in [0.2, 0.25) is 0 Å². The molecule has 0 amide bonds. The molecule has 0 fully saturated rings. The van der Waals surface area contributed by atoms with Crippen LogP contribution in [-0.4, -0.2) is 16.5 Å². The number of nitrogens with zero attached hydrogens (tertiary/aromatic N) is 3. The van der Waals surface area contributed by atoms with E-state index in [2.05, 4.69) is 53.0 Å². The highest BCUT2D eigenvalue weighted by Gasteiger charge is 2.13. The van der Waals surface area contributed by atoms with E-state index in [-0.39, 0.29) is 0 Å². The maximum Gasteiger partial charge on any atom is 0.144 e. The molecule has 4 nitrogen and oxygen atoms in total. The average molecular weight is 278 g/mol. The van der Waals surface area contributed by atoms with Gasteiger partial charge in [0.2, 0.25) is 0 Å². The lowest BCUT2D eigenvalue weighted by molar-refractivity contribution is 0.988. The molecule has 0 saturated carbocycles. The molecule has 0 unspecified atom stereocenters. The molecule has 0 spiro atoms. The zero-order valence-electron chi connectivity index (χ0n) is 12.2. The molecular weight excluding hydrogens is 260 g/mol. The monoisotopic (exact) mass is 278 g/mol. The van der Waals surface area contributed by atoms with E-state index >= 15 is 0 Å². The van der Waals surface area contributed by atoms with Gasteiger partial charge in [-0.3, -0.25) is 0 Å². The number of rotatable bonds is 3. The van der Waals surface area contributed by atoms with Crippen LogP contribution in [0.4, 0.5) is 17.2 Å². The first kappa shape index (κ1) is 13.4. The molecule has 4 heteroatoms. The molecule has 21 heavy (non-hydrogen) atoms. The van der Waals surface area contributed by atoms with Gasteiger partial charge < -0.3 is 10.6 Å². The molecule has 3 aromatic rings. The fraction of sp³-hybridized carbons (Fsp3) is 0.176. The third-order valence-electron chi connectivity index (χ3n) is 3.52. The summed E-state index contributed by atoms with van der Waals surface area (Å²) in [7, 11) is 0. The Labute approximate surface area is 124 Å².